The van der Waals surface area contributed by atoms with Gasteiger partial charge in [0.25, 0.3) is 5.91 Å². The van der Waals surface area contributed by atoms with Crippen molar-refractivity contribution in [3.63, 3.8) is 0 Å². The van der Waals surface area contributed by atoms with Crippen molar-refractivity contribution in [1.82, 2.24) is 5.32 Å². The Balaban J connectivity index is 0.000000258. The lowest BCUT2D eigenvalue weighted by molar-refractivity contribution is -0.154. The van der Waals surface area contributed by atoms with Crippen LogP contribution in [0.1, 0.15) is 89.9 Å². The number of unbranched alkanes of at least 4 members (excludes halogenated alkanes) is 1. The number of rotatable bonds is 10. The van der Waals surface area contributed by atoms with Crippen molar-refractivity contribution in [2.24, 2.45) is 22.2 Å². The molecule has 1 aliphatic heterocycles. The number of aliphatic imine (C=N–C) groups is 1. The molecule has 7 heteroatoms. The van der Waals surface area contributed by atoms with Crippen LogP contribution in [0.4, 0.5) is 5.69 Å². The predicted octanol–water partition coefficient (Wildman–Crippen LogP) is 6.83. The first-order valence-electron chi connectivity index (χ1n) is 12.9. The largest absolute Gasteiger partial charge is 0.496 e. The lowest BCUT2D eigenvalue weighted by Gasteiger charge is -2.47. The van der Waals surface area contributed by atoms with Crippen LogP contribution in [0, 0.1) is 17.3 Å². The summed E-state index contributed by atoms with van der Waals surface area (Å²) in [5.74, 6) is 1.93. The predicted molar refractivity (Wildman–Crippen MR) is 145 cm³/mol. The average molecular weight is 505 g/mol. The number of benzene rings is 1. The molecule has 0 radical (unpaired) electrons. The molecule has 196 valence electrons. The molecule has 1 saturated carbocycles. The number of nitrogens with one attached hydrogen (secondary N) is 1. The number of esters is 1. The zero-order valence-corrected chi connectivity index (χ0v) is 23.5. The van der Waals surface area contributed by atoms with Crippen LogP contribution >= 0.6 is 11.8 Å². The van der Waals surface area contributed by atoms with Gasteiger partial charge in [-0.05, 0) is 56.1 Å². The van der Waals surface area contributed by atoms with E-state index in [0.717, 1.165) is 34.9 Å². The fraction of sp³-hybridized carbons (Fsp3) is 0.679. The van der Waals surface area contributed by atoms with Gasteiger partial charge in [0.1, 0.15) is 5.75 Å². The first-order valence-corrected chi connectivity index (χ1v) is 13.9. The van der Waals surface area contributed by atoms with E-state index in [4.69, 9.17) is 9.47 Å². The van der Waals surface area contributed by atoms with E-state index in [0.29, 0.717) is 29.2 Å². The van der Waals surface area contributed by atoms with Crippen molar-refractivity contribution >= 4 is 35.0 Å². The molecule has 1 N–H and O–H groups in total. The van der Waals surface area contributed by atoms with Crippen molar-refractivity contribution < 1.29 is 19.1 Å². The van der Waals surface area contributed by atoms with E-state index in [1.54, 1.807) is 18.9 Å². The van der Waals surface area contributed by atoms with E-state index in [1.807, 2.05) is 19.1 Å². The molecule has 2 aliphatic rings. The number of nitrogens with zero attached hydrogens (tertiary/aromatic N) is 1. The summed E-state index contributed by atoms with van der Waals surface area (Å²) in [5.41, 5.74) is 3.01. The highest BCUT2D eigenvalue weighted by Gasteiger charge is 2.46. The molecule has 3 rings (SSSR count). The fourth-order valence-corrected chi connectivity index (χ4v) is 5.92. The Morgan fingerprint density at radius 2 is 1.89 bits per heavy atom. The topological polar surface area (TPSA) is 77.0 Å². The Labute approximate surface area is 216 Å². The number of carbonyl (C=O) groups excluding carboxylic acids is 2. The molecule has 0 spiro atoms. The minimum atomic E-state index is -0.0883. The van der Waals surface area contributed by atoms with E-state index >= 15 is 0 Å². The third-order valence-electron chi connectivity index (χ3n) is 6.69. The summed E-state index contributed by atoms with van der Waals surface area (Å²) in [6.45, 7) is 11.3. The number of methoxy groups -OCH3 is 2. The molecule has 6 nitrogen and oxygen atoms in total. The number of thioether (sulfide) groups is 1. The van der Waals surface area contributed by atoms with Crippen LogP contribution in [0.3, 0.4) is 0 Å². The maximum atomic E-state index is 12.4. The van der Waals surface area contributed by atoms with Gasteiger partial charge < -0.3 is 14.8 Å². The summed E-state index contributed by atoms with van der Waals surface area (Å²) in [4.78, 5) is 29.2. The lowest BCUT2D eigenvalue weighted by Crippen LogP contribution is -2.41. The molecule has 1 amide bonds. The standard InChI is InChI=1S/C15H20N2O2S.C13H24O2/c1-9(2)7-16-15(18)13-12(19-4)6-5-11-14(13)20-8-10(3)17-11;1-4-6-8-13(7-5-2)9-11(10-13)12(14)15-3/h5-6,9H,7-8H2,1-4H3,(H,16,18);11H,4-10H2,1-3H3. The van der Waals surface area contributed by atoms with E-state index < -0.39 is 0 Å². The molecule has 35 heavy (non-hydrogen) atoms. The summed E-state index contributed by atoms with van der Waals surface area (Å²) in [6.07, 6.45) is 8.49. The highest BCUT2D eigenvalue weighted by Crippen LogP contribution is 2.52. The minimum Gasteiger partial charge on any atom is -0.496 e. The van der Waals surface area contributed by atoms with Gasteiger partial charge in [-0.3, -0.25) is 14.6 Å². The highest BCUT2D eigenvalue weighted by molar-refractivity contribution is 8.00. The Kier molecular flexibility index (Phi) is 11.6. The van der Waals surface area contributed by atoms with Gasteiger partial charge in [0.2, 0.25) is 0 Å². The van der Waals surface area contributed by atoms with E-state index in [-0.39, 0.29) is 17.8 Å². The summed E-state index contributed by atoms with van der Waals surface area (Å²) in [5, 5.41) is 2.95. The van der Waals surface area contributed by atoms with Gasteiger partial charge in [-0.25, -0.2) is 0 Å². The summed E-state index contributed by atoms with van der Waals surface area (Å²) >= 11 is 1.64. The van der Waals surface area contributed by atoms with Crippen molar-refractivity contribution in [3.8, 4) is 5.75 Å². The minimum absolute atomic E-state index is 0.00164. The summed E-state index contributed by atoms with van der Waals surface area (Å²) in [7, 11) is 3.08. The number of fused-ring (bicyclic) bond motifs is 1. The zero-order valence-electron chi connectivity index (χ0n) is 22.7. The first-order chi connectivity index (χ1) is 16.7. The zero-order chi connectivity index (χ0) is 26.0. The van der Waals surface area contributed by atoms with Crippen LogP contribution < -0.4 is 10.1 Å². The van der Waals surface area contributed by atoms with Crippen LogP contribution in [0.15, 0.2) is 22.0 Å². The molecule has 0 saturated heterocycles. The number of ether oxygens (including phenoxy) is 2. The van der Waals surface area contributed by atoms with Crippen LogP contribution in [0.25, 0.3) is 0 Å². The van der Waals surface area contributed by atoms with Crippen molar-refractivity contribution in [1.29, 1.82) is 0 Å². The first kappa shape index (κ1) is 29.2. The van der Waals surface area contributed by atoms with Gasteiger partial charge in [-0.2, -0.15) is 0 Å². The molecule has 0 unspecified atom stereocenters. The van der Waals surface area contributed by atoms with E-state index in [2.05, 4.69) is 38.0 Å². The molecule has 1 aromatic carbocycles. The smallest absolute Gasteiger partial charge is 0.308 e. The van der Waals surface area contributed by atoms with Crippen LogP contribution in [0.5, 0.6) is 5.75 Å². The van der Waals surface area contributed by atoms with Gasteiger partial charge in [0.05, 0.1) is 31.4 Å². The second kappa shape index (κ2) is 13.9. The molecular weight excluding hydrogens is 460 g/mol. The lowest BCUT2D eigenvalue weighted by atomic mass is 9.58. The monoisotopic (exact) mass is 504 g/mol. The SMILES string of the molecule is CCCCC1(CCC)CC(C(=O)OC)C1.COc1ccc2c(c1C(=O)NCC(C)C)SCC(C)=N2. The Morgan fingerprint density at radius 1 is 1.17 bits per heavy atom. The third-order valence-corrected chi connectivity index (χ3v) is 7.95. The molecule has 1 heterocycles. The maximum Gasteiger partial charge on any atom is 0.308 e. The Hall–Kier alpha value is -2.02. The van der Waals surface area contributed by atoms with Crippen LogP contribution in [0.2, 0.25) is 0 Å². The Morgan fingerprint density at radius 3 is 2.46 bits per heavy atom. The van der Waals surface area contributed by atoms with Gasteiger partial charge in [0.15, 0.2) is 0 Å². The summed E-state index contributed by atoms with van der Waals surface area (Å²) in [6, 6.07) is 3.72. The normalized spacial score (nSPS) is 20.6. The van der Waals surface area contributed by atoms with Crippen LogP contribution in [-0.2, 0) is 9.53 Å². The summed E-state index contributed by atoms with van der Waals surface area (Å²) < 4.78 is 10.1. The second-order valence-electron chi connectivity index (χ2n) is 10.2. The molecule has 1 aliphatic carbocycles. The van der Waals surface area contributed by atoms with Gasteiger partial charge in [0, 0.05) is 22.9 Å². The van der Waals surface area contributed by atoms with Gasteiger partial charge in [-0.1, -0.05) is 47.0 Å². The highest BCUT2D eigenvalue weighted by atomic mass is 32.2. The molecule has 1 aromatic rings. The average Bonchev–Trinajstić information content (AvgIpc) is 2.82. The maximum absolute atomic E-state index is 12.4. The van der Waals surface area contributed by atoms with Gasteiger partial charge >= 0.3 is 5.97 Å². The quantitative estimate of drug-likeness (QED) is 0.354. The molecule has 0 bridgehead atoms. The number of amides is 1. The molecule has 0 atom stereocenters. The third kappa shape index (κ3) is 7.99. The number of hydrogen-bond donors (Lipinski definition) is 1. The fourth-order valence-electron chi connectivity index (χ4n) is 4.91. The number of hydrogen-bond acceptors (Lipinski definition) is 6. The Bertz CT molecular complexity index is 891. The van der Waals surface area contributed by atoms with Crippen molar-refractivity contribution in [2.45, 2.75) is 84.5 Å². The van der Waals surface area contributed by atoms with E-state index in [1.165, 1.54) is 39.2 Å². The molecule has 1 fully saturated rings. The number of carbonyl (C=O) groups is 2. The molecular formula is C28H44N2O4S. The van der Waals surface area contributed by atoms with E-state index in [9.17, 15) is 9.59 Å². The molecule has 0 aromatic heterocycles. The van der Waals surface area contributed by atoms with Gasteiger partial charge in [-0.15, -0.1) is 11.8 Å². The van der Waals surface area contributed by atoms with Crippen molar-refractivity contribution in [3.05, 3.63) is 17.7 Å². The van der Waals surface area contributed by atoms with Crippen molar-refractivity contribution in [2.75, 3.05) is 26.5 Å². The van der Waals surface area contributed by atoms with Crippen LogP contribution in [-0.4, -0.2) is 44.1 Å². The second-order valence-corrected chi connectivity index (χ2v) is 11.2.